The summed E-state index contributed by atoms with van der Waals surface area (Å²) in [4.78, 5) is 17.9. The molecule has 2 rings (SSSR count). The third-order valence-electron chi connectivity index (χ3n) is 2.67. The van der Waals surface area contributed by atoms with Crippen LogP contribution < -0.4 is 10.9 Å². The average molecular weight is 253 g/mol. The van der Waals surface area contributed by atoms with Crippen molar-refractivity contribution in [2.75, 3.05) is 19.8 Å². The zero-order chi connectivity index (χ0) is 13.0. The molecular weight excluding hydrogens is 238 g/mol. The van der Waals surface area contributed by atoms with E-state index in [1.807, 2.05) is 0 Å². The molecule has 0 radical (unpaired) electrons. The van der Waals surface area contributed by atoms with E-state index in [9.17, 15) is 4.79 Å². The third-order valence-corrected chi connectivity index (χ3v) is 2.67. The number of H-pyrrole nitrogens is 2. The van der Waals surface area contributed by atoms with Gasteiger partial charge in [0.15, 0.2) is 0 Å². The second-order valence-corrected chi connectivity index (χ2v) is 3.99. The van der Waals surface area contributed by atoms with Crippen LogP contribution in [-0.4, -0.2) is 50.1 Å². The molecule has 8 heteroatoms. The van der Waals surface area contributed by atoms with Crippen molar-refractivity contribution in [3.05, 3.63) is 22.4 Å². The number of hydrogen-bond donors (Lipinski definition) is 5. The van der Waals surface area contributed by atoms with E-state index >= 15 is 0 Å². The van der Waals surface area contributed by atoms with E-state index < -0.39 is 0 Å². The fourth-order valence-corrected chi connectivity index (χ4v) is 1.60. The van der Waals surface area contributed by atoms with Crippen molar-refractivity contribution in [2.24, 2.45) is 5.92 Å². The van der Waals surface area contributed by atoms with Gasteiger partial charge in [0, 0.05) is 32.2 Å². The van der Waals surface area contributed by atoms with Crippen LogP contribution in [0.15, 0.2) is 11.1 Å². The van der Waals surface area contributed by atoms with Gasteiger partial charge in [-0.25, -0.2) is 4.98 Å². The highest BCUT2D eigenvalue weighted by molar-refractivity contribution is 5.75. The summed E-state index contributed by atoms with van der Waals surface area (Å²) in [5.74, 6) is -0.202. The van der Waals surface area contributed by atoms with Gasteiger partial charge >= 0.3 is 0 Å². The van der Waals surface area contributed by atoms with Gasteiger partial charge in [-0.1, -0.05) is 0 Å². The first-order valence-electron chi connectivity index (χ1n) is 5.59. The smallest absolute Gasteiger partial charge is 0.276 e. The number of aromatic amines is 2. The van der Waals surface area contributed by atoms with Gasteiger partial charge in [0.1, 0.15) is 16.7 Å². The fourth-order valence-electron chi connectivity index (χ4n) is 1.60. The van der Waals surface area contributed by atoms with Crippen molar-refractivity contribution < 1.29 is 10.2 Å². The monoisotopic (exact) mass is 253 g/mol. The Hall–Kier alpha value is -1.77. The van der Waals surface area contributed by atoms with E-state index in [0.29, 0.717) is 29.8 Å². The normalized spacial score (nSPS) is 11.5. The summed E-state index contributed by atoms with van der Waals surface area (Å²) in [7, 11) is 0. The molecule has 0 saturated carbocycles. The zero-order valence-electron chi connectivity index (χ0n) is 9.68. The van der Waals surface area contributed by atoms with Gasteiger partial charge in [-0.15, -0.1) is 0 Å². The lowest BCUT2D eigenvalue weighted by Crippen LogP contribution is -2.27. The van der Waals surface area contributed by atoms with Crippen LogP contribution in [0, 0.1) is 5.92 Å². The summed E-state index contributed by atoms with van der Waals surface area (Å²) in [5, 5.41) is 27.5. The molecule has 5 N–H and O–H groups in total. The number of aromatic nitrogens is 4. The lowest BCUT2D eigenvalue weighted by atomic mass is 10.2. The highest BCUT2D eigenvalue weighted by Crippen LogP contribution is 2.07. The highest BCUT2D eigenvalue weighted by atomic mass is 16.3. The molecule has 0 unspecified atom stereocenters. The SMILES string of the molecule is O=c1[nH]cnc2c(CNCC(CO)CO)n[nH]c12. The molecule has 0 aliphatic heterocycles. The first-order valence-corrected chi connectivity index (χ1v) is 5.59. The minimum absolute atomic E-state index is 0.0806. The molecule has 2 heterocycles. The second-order valence-electron chi connectivity index (χ2n) is 3.99. The summed E-state index contributed by atoms with van der Waals surface area (Å²) < 4.78 is 0. The standard InChI is InChI=1S/C10H15N5O3/c16-3-6(4-17)1-11-2-7-8-9(15-14-7)10(18)13-5-12-8/h5-6,11,16-17H,1-4H2,(H,14,15)(H,12,13,18). The molecule has 8 nitrogen and oxygen atoms in total. The maximum atomic E-state index is 11.4. The van der Waals surface area contributed by atoms with Gasteiger partial charge in [0.05, 0.1) is 6.33 Å². The van der Waals surface area contributed by atoms with Gasteiger partial charge in [-0.2, -0.15) is 5.10 Å². The molecule has 98 valence electrons. The van der Waals surface area contributed by atoms with E-state index in [0.717, 1.165) is 0 Å². The Morgan fingerprint density at radius 3 is 2.89 bits per heavy atom. The predicted octanol–water partition coefficient (Wildman–Crippen LogP) is -1.66. The van der Waals surface area contributed by atoms with Crippen LogP contribution in [0.2, 0.25) is 0 Å². The van der Waals surface area contributed by atoms with Crippen LogP contribution in [0.4, 0.5) is 0 Å². The molecule has 0 bridgehead atoms. The largest absolute Gasteiger partial charge is 0.396 e. The van der Waals surface area contributed by atoms with Gasteiger partial charge in [0.25, 0.3) is 5.56 Å². The second kappa shape index (κ2) is 5.71. The van der Waals surface area contributed by atoms with Crippen molar-refractivity contribution in [1.29, 1.82) is 0 Å². The maximum Gasteiger partial charge on any atom is 0.276 e. The number of nitrogens with one attached hydrogen (secondary N) is 3. The van der Waals surface area contributed by atoms with Crippen molar-refractivity contribution >= 4 is 11.0 Å². The maximum absolute atomic E-state index is 11.4. The molecular formula is C10H15N5O3. The van der Waals surface area contributed by atoms with Gasteiger partial charge in [0.2, 0.25) is 0 Å². The highest BCUT2D eigenvalue weighted by Gasteiger charge is 2.10. The van der Waals surface area contributed by atoms with E-state index in [1.165, 1.54) is 6.33 Å². The summed E-state index contributed by atoms with van der Waals surface area (Å²) in [5.41, 5.74) is 1.24. The summed E-state index contributed by atoms with van der Waals surface area (Å²) in [6, 6.07) is 0. The summed E-state index contributed by atoms with van der Waals surface area (Å²) >= 11 is 0. The Bertz CT molecular complexity index is 560. The molecule has 2 aromatic heterocycles. The fraction of sp³-hybridized carbons (Fsp3) is 0.500. The van der Waals surface area contributed by atoms with E-state index in [4.69, 9.17) is 10.2 Å². The summed E-state index contributed by atoms with van der Waals surface area (Å²) in [6.45, 7) is 0.711. The molecule has 0 fully saturated rings. The number of hydrogen-bond acceptors (Lipinski definition) is 6. The molecule has 18 heavy (non-hydrogen) atoms. The number of aliphatic hydroxyl groups excluding tert-OH is 2. The Labute approximate surface area is 102 Å². The zero-order valence-corrected chi connectivity index (χ0v) is 9.68. The first kappa shape index (κ1) is 12.7. The first-order chi connectivity index (χ1) is 8.76. The minimum Gasteiger partial charge on any atom is -0.396 e. The quantitative estimate of drug-likeness (QED) is 0.419. The van der Waals surface area contributed by atoms with Crippen molar-refractivity contribution in [3.8, 4) is 0 Å². The molecule has 0 spiro atoms. The topological polar surface area (TPSA) is 127 Å². The number of nitrogens with zero attached hydrogens (tertiary/aromatic N) is 2. The van der Waals surface area contributed by atoms with Crippen LogP contribution in [0.3, 0.4) is 0 Å². The third kappa shape index (κ3) is 2.55. The Morgan fingerprint density at radius 1 is 1.39 bits per heavy atom. The molecule has 0 aromatic carbocycles. The van der Waals surface area contributed by atoms with Crippen LogP contribution in [0.25, 0.3) is 11.0 Å². The molecule has 0 aliphatic carbocycles. The van der Waals surface area contributed by atoms with Gasteiger partial charge < -0.3 is 20.5 Å². The minimum atomic E-state index is -0.262. The molecule has 2 aromatic rings. The summed E-state index contributed by atoms with van der Waals surface area (Å²) in [6.07, 6.45) is 1.33. The molecule has 0 saturated heterocycles. The average Bonchev–Trinajstić information content (AvgIpc) is 2.80. The Morgan fingerprint density at radius 2 is 2.17 bits per heavy atom. The Kier molecular flexibility index (Phi) is 4.03. The lowest BCUT2D eigenvalue weighted by molar-refractivity contribution is 0.148. The number of aliphatic hydroxyl groups is 2. The van der Waals surface area contributed by atoms with E-state index in [-0.39, 0.29) is 24.7 Å². The van der Waals surface area contributed by atoms with Crippen LogP contribution >= 0.6 is 0 Å². The van der Waals surface area contributed by atoms with Gasteiger partial charge in [-0.3, -0.25) is 9.89 Å². The van der Waals surface area contributed by atoms with E-state index in [1.54, 1.807) is 0 Å². The lowest BCUT2D eigenvalue weighted by Gasteiger charge is -2.10. The van der Waals surface area contributed by atoms with Crippen LogP contribution in [0.1, 0.15) is 5.69 Å². The van der Waals surface area contributed by atoms with Crippen molar-refractivity contribution in [1.82, 2.24) is 25.5 Å². The Balaban J connectivity index is 2.04. The number of fused-ring (bicyclic) bond motifs is 1. The molecule has 0 aliphatic rings. The molecule has 0 amide bonds. The van der Waals surface area contributed by atoms with Crippen molar-refractivity contribution in [3.63, 3.8) is 0 Å². The number of rotatable bonds is 6. The predicted molar refractivity (Wildman–Crippen MR) is 63.9 cm³/mol. The van der Waals surface area contributed by atoms with Crippen LogP contribution in [-0.2, 0) is 6.54 Å². The molecule has 0 atom stereocenters. The van der Waals surface area contributed by atoms with Crippen LogP contribution in [0.5, 0.6) is 0 Å². The van der Waals surface area contributed by atoms with Gasteiger partial charge in [-0.05, 0) is 0 Å². The van der Waals surface area contributed by atoms with E-state index in [2.05, 4.69) is 25.5 Å². The van der Waals surface area contributed by atoms with Crippen molar-refractivity contribution in [2.45, 2.75) is 6.54 Å².